The monoisotopic (exact) mass is 304 g/mol. The summed E-state index contributed by atoms with van der Waals surface area (Å²) in [5, 5.41) is 3.16. The molecule has 0 nitrogen and oxygen atoms in total. The third-order valence-electron chi connectivity index (χ3n) is 5.18. The van der Waals surface area contributed by atoms with Crippen molar-refractivity contribution in [1.82, 2.24) is 0 Å². The summed E-state index contributed by atoms with van der Waals surface area (Å²) in [6, 6.07) is 22.4. The second kappa shape index (κ2) is 5.97. The molecule has 0 amide bonds. The van der Waals surface area contributed by atoms with Gasteiger partial charge in [0.1, 0.15) is 0 Å². The third kappa shape index (κ3) is 2.45. The molecule has 2 aromatic rings. The summed E-state index contributed by atoms with van der Waals surface area (Å²) in [6.07, 6.45) is 0.699. The van der Waals surface area contributed by atoms with Gasteiger partial charge in [0, 0.05) is 0 Å². The summed E-state index contributed by atoms with van der Waals surface area (Å²) in [5.41, 5.74) is 0. The Labute approximate surface area is 125 Å². The zero-order valence-electron chi connectivity index (χ0n) is 13.1. The SMILES string of the molecule is CCP(C)(CC)(c1ccccc1)P(C)c1ccccc1. The molecular formula is C18H26P2. The summed E-state index contributed by atoms with van der Waals surface area (Å²) in [7, 11) is -0.151. The van der Waals surface area contributed by atoms with E-state index in [2.05, 4.69) is 87.8 Å². The van der Waals surface area contributed by atoms with Crippen LogP contribution in [-0.4, -0.2) is 25.7 Å². The van der Waals surface area contributed by atoms with Gasteiger partial charge in [0.25, 0.3) is 0 Å². The van der Waals surface area contributed by atoms with Crippen molar-refractivity contribution in [1.29, 1.82) is 0 Å². The average Bonchev–Trinajstić information content (AvgIpc) is 2.55. The molecule has 0 saturated heterocycles. The molecule has 0 fully saturated rings. The Hall–Kier alpha value is -0.700. The van der Waals surface area contributed by atoms with Crippen molar-refractivity contribution < 1.29 is 0 Å². The Kier molecular flexibility index (Phi) is 4.68. The van der Waals surface area contributed by atoms with Crippen LogP contribution in [0.3, 0.4) is 0 Å². The molecule has 0 N–H and O–H groups in total. The first-order chi connectivity index (χ1) is 9.55. The van der Waals surface area contributed by atoms with E-state index < -0.39 is 6.29 Å². The summed E-state index contributed by atoms with van der Waals surface area (Å²) < 4.78 is 0. The van der Waals surface area contributed by atoms with Crippen molar-refractivity contribution in [2.45, 2.75) is 13.8 Å². The van der Waals surface area contributed by atoms with Gasteiger partial charge in [-0.25, -0.2) is 0 Å². The van der Waals surface area contributed by atoms with Gasteiger partial charge in [-0.2, -0.15) is 0 Å². The fourth-order valence-electron chi connectivity index (χ4n) is 3.02. The maximum atomic E-state index is 2.61. The van der Waals surface area contributed by atoms with Gasteiger partial charge in [0.2, 0.25) is 0 Å². The molecular weight excluding hydrogens is 278 g/mol. The maximum absolute atomic E-state index is 2.61. The Balaban J connectivity index is 2.60. The Morgan fingerprint density at radius 2 is 1.25 bits per heavy atom. The second-order valence-corrected chi connectivity index (χ2v) is 18.4. The van der Waals surface area contributed by atoms with E-state index in [1.54, 1.807) is 10.6 Å². The van der Waals surface area contributed by atoms with E-state index in [0.29, 0.717) is 0 Å². The molecule has 0 aliphatic rings. The number of rotatable bonds is 5. The van der Waals surface area contributed by atoms with Crippen LogP contribution in [0.25, 0.3) is 0 Å². The van der Waals surface area contributed by atoms with Crippen LogP contribution in [0.15, 0.2) is 60.7 Å². The summed E-state index contributed by atoms with van der Waals surface area (Å²) in [6.45, 7) is 9.91. The predicted molar refractivity (Wildman–Crippen MR) is 98.9 cm³/mol. The second-order valence-electron chi connectivity index (χ2n) is 5.81. The van der Waals surface area contributed by atoms with Crippen LogP contribution in [0, 0.1) is 0 Å². The third-order valence-corrected chi connectivity index (χ3v) is 21.4. The van der Waals surface area contributed by atoms with Crippen molar-refractivity contribution in [2.24, 2.45) is 0 Å². The van der Waals surface area contributed by atoms with Crippen LogP contribution < -0.4 is 10.6 Å². The van der Waals surface area contributed by atoms with E-state index >= 15 is 0 Å². The van der Waals surface area contributed by atoms with Crippen molar-refractivity contribution >= 4 is 24.5 Å². The van der Waals surface area contributed by atoms with Gasteiger partial charge in [-0.3, -0.25) is 0 Å². The van der Waals surface area contributed by atoms with Crippen molar-refractivity contribution in [3.63, 3.8) is 0 Å². The van der Waals surface area contributed by atoms with Crippen LogP contribution in [0.5, 0.6) is 0 Å². The van der Waals surface area contributed by atoms with Crippen LogP contribution in [0.1, 0.15) is 13.8 Å². The number of hydrogen-bond donors (Lipinski definition) is 0. The van der Waals surface area contributed by atoms with Gasteiger partial charge in [-0.05, 0) is 0 Å². The molecule has 2 aromatic carbocycles. The molecule has 0 aliphatic carbocycles. The molecule has 0 saturated carbocycles. The van der Waals surface area contributed by atoms with Crippen molar-refractivity contribution in [3.05, 3.63) is 60.7 Å². The quantitative estimate of drug-likeness (QED) is 0.690. The first kappa shape index (κ1) is 15.7. The molecule has 108 valence electrons. The Morgan fingerprint density at radius 3 is 1.70 bits per heavy atom. The zero-order valence-corrected chi connectivity index (χ0v) is 14.9. The molecule has 0 bridgehead atoms. The van der Waals surface area contributed by atoms with Crippen molar-refractivity contribution in [2.75, 3.05) is 25.7 Å². The predicted octanol–water partition coefficient (Wildman–Crippen LogP) is 4.89. The molecule has 1 unspecified atom stereocenters. The summed E-state index contributed by atoms with van der Waals surface area (Å²) in [5.74, 6) is 0. The van der Waals surface area contributed by atoms with E-state index in [9.17, 15) is 0 Å². The minimum atomic E-state index is -1.89. The molecule has 20 heavy (non-hydrogen) atoms. The minimum absolute atomic E-state index is 0.151. The fraction of sp³-hybridized carbons (Fsp3) is 0.333. The molecule has 0 aliphatic heterocycles. The number of hydrogen-bond acceptors (Lipinski definition) is 0. The summed E-state index contributed by atoms with van der Waals surface area (Å²) in [4.78, 5) is 0. The topological polar surface area (TPSA) is 0 Å². The molecule has 0 radical (unpaired) electrons. The molecule has 0 heterocycles. The van der Waals surface area contributed by atoms with Gasteiger partial charge in [-0.15, -0.1) is 0 Å². The number of benzene rings is 2. The van der Waals surface area contributed by atoms with Gasteiger partial charge in [0.15, 0.2) is 0 Å². The average molecular weight is 304 g/mol. The standard InChI is InChI=1S/C18H26P2/c1-5-20(4,6-2,18-15-11-8-12-16-18)19(3)17-13-9-7-10-14-17/h7-16H,5-6H2,1-4H3. The van der Waals surface area contributed by atoms with E-state index in [1.165, 1.54) is 12.3 Å². The van der Waals surface area contributed by atoms with Crippen LogP contribution in [0.4, 0.5) is 0 Å². The van der Waals surface area contributed by atoms with E-state index in [4.69, 9.17) is 0 Å². The van der Waals surface area contributed by atoms with Gasteiger partial charge in [0.05, 0.1) is 0 Å². The van der Waals surface area contributed by atoms with Gasteiger partial charge >= 0.3 is 125 Å². The molecule has 1 atom stereocenters. The van der Waals surface area contributed by atoms with Gasteiger partial charge < -0.3 is 0 Å². The van der Waals surface area contributed by atoms with Crippen LogP contribution >= 0.6 is 13.9 Å². The summed E-state index contributed by atoms with van der Waals surface area (Å²) >= 11 is 0. The van der Waals surface area contributed by atoms with E-state index in [1.807, 2.05) is 0 Å². The first-order valence-electron chi connectivity index (χ1n) is 7.41. The molecule has 2 heteroatoms. The van der Waals surface area contributed by atoms with Crippen molar-refractivity contribution in [3.8, 4) is 0 Å². The first-order valence-corrected chi connectivity index (χ1v) is 13.0. The molecule has 0 aromatic heterocycles. The normalized spacial score (nSPS) is 15.3. The Bertz CT molecular complexity index is 544. The van der Waals surface area contributed by atoms with E-state index in [0.717, 1.165) is 0 Å². The molecule has 2 rings (SSSR count). The fourth-order valence-corrected chi connectivity index (χ4v) is 14.1. The van der Waals surface area contributed by atoms with Crippen LogP contribution in [-0.2, 0) is 0 Å². The van der Waals surface area contributed by atoms with Crippen LogP contribution in [0.2, 0.25) is 0 Å². The van der Waals surface area contributed by atoms with Gasteiger partial charge in [-0.1, -0.05) is 0 Å². The van der Waals surface area contributed by atoms with E-state index in [-0.39, 0.29) is 7.61 Å². The zero-order chi connectivity index (χ0) is 14.7. The Morgan fingerprint density at radius 1 is 0.800 bits per heavy atom. The molecule has 0 spiro atoms.